The number of hydrazine groups is 1. The van der Waals surface area contributed by atoms with Crippen molar-refractivity contribution in [3.8, 4) is 0 Å². The lowest BCUT2D eigenvalue weighted by Gasteiger charge is -2.18. The molecule has 0 fully saturated rings. The summed E-state index contributed by atoms with van der Waals surface area (Å²) in [6, 6.07) is 0.244. The Morgan fingerprint density at radius 1 is 1.47 bits per heavy atom. The molecule has 0 radical (unpaired) electrons. The van der Waals surface area contributed by atoms with Crippen molar-refractivity contribution >= 4 is 11.6 Å². The molecule has 4 nitrogen and oxygen atoms in total. The number of aryl methyl sites for hydroxylation is 2. The normalized spacial score (nSPS) is 13.4. The van der Waals surface area contributed by atoms with E-state index in [0.29, 0.717) is 5.92 Å². The fourth-order valence-electron chi connectivity index (χ4n) is 2.08. The van der Waals surface area contributed by atoms with Crippen molar-refractivity contribution in [1.29, 1.82) is 0 Å². The minimum Gasteiger partial charge on any atom is -0.271 e. The minimum atomic E-state index is 0.244. The Morgan fingerprint density at radius 3 is 2.59 bits per heavy atom. The number of hydrogen-bond acceptors (Lipinski definition) is 3. The Hall–Kier alpha value is -0.580. The van der Waals surface area contributed by atoms with Crippen molar-refractivity contribution < 1.29 is 0 Å². The van der Waals surface area contributed by atoms with Gasteiger partial charge in [0.25, 0.3) is 0 Å². The van der Waals surface area contributed by atoms with Gasteiger partial charge in [0, 0.05) is 19.0 Å². The zero-order valence-electron chi connectivity index (χ0n) is 11.1. The molecule has 0 amide bonds. The van der Waals surface area contributed by atoms with Gasteiger partial charge in [-0.05, 0) is 26.2 Å². The van der Waals surface area contributed by atoms with Crippen LogP contribution in [0.4, 0.5) is 0 Å². The van der Waals surface area contributed by atoms with E-state index >= 15 is 0 Å². The van der Waals surface area contributed by atoms with E-state index in [2.05, 4.69) is 31.3 Å². The average molecular weight is 259 g/mol. The molecule has 1 aromatic heterocycles. The van der Waals surface area contributed by atoms with Crippen molar-refractivity contribution in [2.24, 2.45) is 11.8 Å². The second kappa shape index (κ2) is 6.38. The van der Waals surface area contributed by atoms with Gasteiger partial charge in [0.1, 0.15) is 0 Å². The predicted molar refractivity (Wildman–Crippen MR) is 71.9 cm³/mol. The van der Waals surface area contributed by atoms with Crippen LogP contribution < -0.4 is 11.3 Å². The van der Waals surface area contributed by atoms with Gasteiger partial charge in [-0.3, -0.25) is 16.0 Å². The molecule has 3 N–H and O–H groups in total. The lowest BCUT2D eigenvalue weighted by molar-refractivity contribution is 0.413. The third-order valence-electron chi connectivity index (χ3n) is 2.88. The number of aromatic nitrogens is 2. The zero-order chi connectivity index (χ0) is 13.0. The van der Waals surface area contributed by atoms with Crippen LogP contribution in [0.3, 0.4) is 0 Å². The molecule has 0 saturated carbocycles. The SMILES string of the molecule is CCn1nc(C)c(Cl)c1CC(CC(C)C)NN. The van der Waals surface area contributed by atoms with Crippen molar-refractivity contribution in [3.63, 3.8) is 0 Å². The van der Waals surface area contributed by atoms with Crippen molar-refractivity contribution in [2.75, 3.05) is 0 Å². The lowest BCUT2D eigenvalue weighted by Crippen LogP contribution is -2.38. The standard InChI is InChI=1S/C12H23ClN4/c1-5-17-11(12(13)9(4)16-17)7-10(15-14)6-8(2)3/h8,10,15H,5-7,14H2,1-4H3. The lowest BCUT2D eigenvalue weighted by atomic mass is 10.00. The van der Waals surface area contributed by atoms with Crippen LogP contribution in [0.1, 0.15) is 38.6 Å². The number of halogens is 1. The molecule has 0 aliphatic rings. The molecule has 17 heavy (non-hydrogen) atoms. The maximum Gasteiger partial charge on any atom is 0.0847 e. The first-order valence-corrected chi connectivity index (χ1v) is 6.55. The van der Waals surface area contributed by atoms with Gasteiger partial charge in [-0.1, -0.05) is 25.4 Å². The van der Waals surface area contributed by atoms with Crippen LogP contribution in [0.15, 0.2) is 0 Å². The van der Waals surface area contributed by atoms with Gasteiger partial charge in [-0.2, -0.15) is 5.10 Å². The largest absolute Gasteiger partial charge is 0.271 e. The summed E-state index contributed by atoms with van der Waals surface area (Å²) in [6.07, 6.45) is 1.85. The average Bonchev–Trinajstić information content (AvgIpc) is 2.55. The summed E-state index contributed by atoms with van der Waals surface area (Å²) >= 11 is 6.28. The van der Waals surface area contributed by atoms with Crippen LogP contribution >= 0.6 is 11.6 Å². The van der Waals surface area contributed by atoms with Gasteiger partial charge in [0.15, 0.2) is 0 Å². The topological polar surface area (TPSA) is 55.9 Å². The molecular weight excluding hydrogens is 236 g/mol. The van der Waals surface area contributed by atoms with Gasteiger partial charge < -0.3 is 0 Å². The van der Waals surface area contributed by atoms with E-state index in [4.69, 9.17) is 17.4 Å². The summed E-state index contributed by atoms with van der Waals surface area (Å²) in [5, 5.41) is 5.19. The summed E-state index contributed by atoms with van der Waals surface area (Å²) < 4.78 is 1.96. The highest BCUT2D eigenvalue weighted by Gasteiger charge is 2.17. The van der Waals surface area contributed by atoms with E-state index in [1.54, 1.807) is 0 Å². The van der Waals surface area contributed by atoms with Crippen LogP contribution in [0, 0.1) is 12.8 Å². The number of nitrogens with one attached hydrogen (secondary N) is 1. The monoisotopic (exact) mass is 258 g/mol. The number of nitrogens with zero attached hydrogens (tertiary/aromatic N) is 2. The molecule has 0 aliphatic heterocycles. The fourth-order valence-corrected chi connectivity index (χ4v) is 2.29. The molecule has 0 bridgehead atoms. The van der Waals surface area contributed by atoms with Crippen molar-refractivity contribution in [3.05, 3.63) is 16.4 Å². The van der Waals surface area contributed by atoms with Gasteiger partial charge in [-0.15, -0.1) is 0 Å². The number of nitrogens with two attached hydrogens (primary N) is 1. The molecule has 1 rings (SSSR count). The molecular formula is C12H23ClN4. The van der Waals surface area contributed by atoms with Crippen LogP contribution in [-0.2, 0) is 13.0 Å². The predicted octanol–water partition coefficient (Wildman–Crippen LogP) is 2.29. The van der Waals surface area contributed by atoms with Crippen LogP contribution in [0.2, 0.25) is 5.02 Å². The molecule has 0 spiro atoms. The van der Waals surface area contributed by atoms with Crippen LogP contribution in [-0.4, -0.2) is 15.8 Å². The Kier molecular flexibility index (Phi) is 5.43. The van der Waals surface area contributed by atoms with Crippen LogP contribution in [0.5, 0.6) is 0 Å². The third-order valence-corrected chi connectivity index (χ3v) is 3.38. The molecule has 1 atom stereocenters. The summed E-state index contributed by atoms with van der Waals surface area (Å²) in [4.78, 5) is 0. The van der Waals surface area contributed by atoms with E-state index in [1.165, 1.54) is 0 Å². The molecule has 0 aliphatic carbocycles. The highest BCUT2D eigenvalue weighted by Crippen LogP contribution is 2.22. The van der Waals surface area contributed by atoms with Crippen LogP contribution in [0.25, 0.3) is 0 Å². The molecule has 0 saturated heterocycles. The molecule has 98 valence electrons. The Balaban J connectivity index is 2.84. The third kappa shape index (κ3) is 3.69. The maximum atomic E-state index is 6.28. The number of rotatable bonds is 6. The Bertz CT molecular complexity index is 360. The molecule has 1 unspecified atom stereocenters. The quantitative estimate of drug-likeness (QED) is 0.608. The number of hydrogen-bond donors (Lipinski definition) is 2. The Morgan fingerprint density at radius 2 is 2.12 bits per heavy atom. The smallest absolute Gasteiger partial charge is 0.0847 e. The first kappa shape index (κ1) is 14.5. The maximum absolute atomic E-state index is 6.28. The highest BCUT2D eigenvalue weighted by atomic mass is 35.5. The second-order valence-corrected chi connectivity index (χ2v) is 5.24. The summed E-state index contributed by atoms with van der Waals surface area (Å²) in [5.41, 5.74) is 4.84. The first-order chi connectivity index (χ1) is 7.99. The molecule has 1 aromatic rings. The summed E-state index contributed by atoms with van der Waals surface area (Å²) in [7, 11) is 0. The zero-order valence-corrected chi connectivity index (χ0v) is 11.9. The van der Waals surface area contributed by atoms with E-state index in [0.717, 1.165) is 35.8 Å². The van der Waals surface area contributed by atoms with Gasteiger partial charge in [0.05, 0.1) is 16.4 Å². The van der Waals surface area contributed by atoms with E-state index < -0.39 is 0 Å². The Labute approximate surface area is 108 Å². The van der Waals surface area contributed by atoms with E-state index in [-0.39, 0.29) is 6.04 Å². The van der Waals surface area contributed by atoms with Gasteiger partial charge >= 0.3 is 0 Å². The van der Waals surface area contributed by atoms with Crippen molar-refractivity contribution in [1.82, 2.24) is 15.2 Å². The van der Waals surface area contributed by atoms with E-state index in [9.17, 15) is 0 Å². The molecule has 5 heteroatoms. The second-order valence-electron chi connectivity index (χ2n) is 4.86. The minimum absolute atomic E-state index is 0.244. The molecule has 0 aromatic carbocycles. The van der Waals surface area contributed by atoms with Gasteiger partial charge in [0.2, 0.25) is 0 Å². The van der Waals surface area contributed by atoms with E-state index in [1.807, 2.05) is 11.6 Å². The van der Waals surface area contributed by atoms with Gasteiger partial charge in [-0.25, -0.2) is 0 Å². The summed E-state index contributed by atoms with van der Waals surface area (Å²) in [5.74, 6) is 6.20. The highest BCUT2D eigenvalue weighted by molar-refractivity contribution is 6.31. The first-order valence-electron chi connectivity index (χ1n) is 6.17. The van der Waals surface area contributed by atoms with Crippen molar-refractivity contribution in [2.45, 2.75) is 53.1 Å². The molecule has 1 heterocycles. The summed E-state index contributed by atoms with van der Waals surface area (Å²) in [6.45, 7) is 9.22. The fraction of sp³-hybridized carbons (Fsp3) is 0.750.